The molecule has 2 aromatic rings. The Balaban J connectivity index is 1.22. The summed E-state index contributed by atoms with van der Waals surface area (Å²) in [6.45, 7) is 2.34. The fourth-order valence-corrected chi connectivity index (χ4v) is 6.30. The summed E-state index contributed by atoms with van der Waals surface area (Å²) in [7, 11) is 0. The number of hydrogen-bond donors (Lipinski definition) is 0. The summed E-state index contributed by atoms with van der Waals surface area (Å²) in [5.74, 6) is 2.79. The van der Waals surface area contributed by atoms with Gasteiger partial charge < -0.3 is 0 Å². The molecule has 2 saturated carbocycles. The van der Waals surface area contributed by atoms with Crippen LogP contribution in [-0.4, -0.2) is 0 Å². The van der Waals surface area contributed by atoms with Crippen molar-refractivity contribution in [2.45, 2.75) is 96.3 Å². The third kappa shape index (κ3) is 6.81. The van der Waals surface area contributed by atoms with Crippen LogP contribution in [0.3, 0.4) is 0 Å². The van der Waals surface area contributed by atoms with Gasteiger partial charge in [-0.3, -0.25) is 0 Å². The highest BCUT2D eigenvalue weighted by Crippen LogP contribution is 2.40. The zero-order valence-corrected chi connectivity index (χ0v) is 20.9. The number of hydrogen-bond acceptors (Lipinski definition) is 0. The molecule has 0 N–H and O–H groups in total. The van der Waals surface area contributed by atoms with Crippen LogP contribution < -0.4 is 0 Å². The van der Waals surface area contributed by atoms with E-state index >= 15 is 0 Å². The monoisotopic (exact) mass is 472 g/mol. The molecular weight excluding hydrogens is 434 g/mol. The first-order valence-corrected chi connectivity index (χ1v) is 13.6. The molecule has 0 atom stereocenters. The molecule has 2 aromatic carbocycles. The molecule has 0 aliphatic heterocycles. The Hall–Kier alpha value is -1.41. The van der Waals surface area contributed by atoms with Crippen LogP contribution in [0.5, 0.6) is 0 Å². The van der Waals surface area contributed by atoms with E-state index in [9.17, 15) is 8.78 Å². The summed E-state index contributed by atoms with van der Waals surface area (Å²) in [4.78, 5) is 0. The minimum absolute atomic E-state index is 0.119. The Labute approximate surface area is 204 Å². The van der Waals surface area contributed by atoms with Crippen LogP contribution in [0.4, 0.5) is 8.78 Å². The Morgan fingerprint density at radius 2 is 1.36 bits per heavy atom. The van der Waals surface area contributed by atoms with Crippen LogP contribution in [0, 0.1) is 29.4 Å². The third-order valence-corrected chi connectivity index (χ3v) is 8.90. The molecule has 0 heterocycles. The lowest BCUT2D eigenvalue weighted by Gasteiger charge is -2.32. The summed E-state index contributed by atoms with van der Waals surface area (Å²) < 4.78 is 28.4. The molecule has 0 bridgehead atoms. The van der Waals surface area contributed by atoms with Crippen LogP contribution in [0.1, 0.15) is 100 Å². The first-order valence-electron chi connectivity index (χ1n) is 13.2. The van der Waals surface area contributed by atoms with Gasteiger partial charge in [0.15, 0.2) is 0 Å². The van der Waals surface area contributed by atoms with Crippen molar-refractivity contribution in [3.63, 3.8) is 0 Å². The van der Waals surface area contributed by atoms with E-state index in [0.717, 1.165) is 28.9 Å². The highest BCUT2D eigenvalue weighted by Gasteiger charge is 2.25. The number of aryl methyl sites for hydroxylation is 2. The van der Waals surface area contributed by atoms with E-state index in [-0.39, 0.29) is 10.8 Å². The maximum absolute atomic E-state index is 14.8. The van der Waals surface area contributed by atoms with Crippen molar-refractivity contribution in [3.05, 3.63) is 69.7 Å². The molecule has 0 unspecified atom stereocenters. The lowest BCUT2D eigenvalue weighted by molar-refractivity contribution is 0.227. The molecule has 0 nitrogen and oxygen atoms in total. The van der Waals surface area contributed by atoms with Crippen molar-refractivity contribution in [1.82, 2.24) is 0 Å². The van der Waals surface area contributed by atoms with E-state index in [4.69, 9.17) is 11.6 Å². The minimum atomic E-state index is -0.413. The van der Waals surface area contributed by atoms with Crippen LogP contribution >= 0.6 is 11.6 Å². The second kappa shape index (κ2) is 11.8. The summed E-state index contributed by atoms with van der Waals surface area (Å²) >= 11 is 5.75. The predicted octanol–water partition coefficient (Wildman–Crippen LogP) is 9.67. The Kier molecular flexibility index (Phi) is 8.85. The van der Waals surface area contributed by atoms with E-state index in [1.165, 1.54) is 76.7 Å². The minimum Gasteiger partial charge on any atom is -0.207 e. The average Bonchev–Trinajstić information content (AvgIpc) is 2.84. The van der Waals surface area contributed by atoms with Gasteiger partial charge in [-0.15, -0.1) is 0 Å². The maximum atomic E-state index is 14.8. The molecule has 2 aliphatic carbocycles. The van der Waals surface area contributed by atoms with Gasteiger partial charge >= 0.3 is 0 Å². The van der Waals surface area contributed by atoms with Gasteiger partial charge in [-0.2, -0.15) is 0 Å². The average molecular weight is 473 g/mol. The van der Waals surface area contributed by atoms with Gasteiger partial charge in [0.1, 0.15) is 11.6 Å². The van der Waals surface area contributed by atoms with Crippen molar-refractivity contribution in [1.29, 1.82) is 0 Å². The van der Waals surface area contributed by atoms with Crippen LogP contribution in [0.15, 0.2) is 36.4 Å². The summed E-state index contributed by atoms with van der Waals surface area (Å²) in [6.07, 6.45) is 16.1. The summed E-state index contributed by atoms with van der Waals surface area (Å²) in [5.41, 5.74) is 2.71. The summed E-state index contributed by atoms with van der Waals surface area (Å²) in [5, 5.41) is 0.128. The highest BCUT2D eigenvalue weighted by atomic mass is 35.5. The maximum Gasteiger partial charge on any atom is 0.142 e. The Bertz CT molecular complexity index is 892. The molecule has 0 aromatic heterocycles. The number of rotatable bonds is 8. The SMILES string of the molecule is CC[C@H]1CC[C@H](CC[C@H]2CC[C@H](c3ccc(CCc4ccc(Cl)c(F)c4)c(F)c3)CC2)CC1. The third-order valence-electron chi connectivity index (χ3n) is 8.59. The van der Waals surface area contributed by atoms with E-state index in [0.29, 0.717) is 24.3 Å². The molecule has 0 radical (unpaired) electrons. The van der Waals surface area contributed by atoms with Crippen LogP contribution in [0.2, 0.25) is 5.02 Å². The molecule has 2 aliphatic rings. The molecule has 0 amide bonds. The molecule has 33 heavy (non-hydrogen) atoms. The van der Waals surface area contributed by atoms with E-state index in [1.54, 1.807) is 12.1 Å². The van der Waals surface area contributed by atoms with E-state index in [1.807, 2.05) is 12.1 Å². The van der Waals surface area contributed by atoms with Gasteiger partial charge in [0.25, 0.3) is 0 Å². The van der Waals surface area contributed by atoms with Gasteiger partial charge in [0.2, 0.25) is 0 Å². The first kappa shape index (κ1) is 24.7. The fraction of sp³-hybridized carbons (Fsp3) is 0.600. The van der Waals surface area contributed by atoms with Crippen molar-refractivity contribution >= 4 is 11.6 Å². The number of halogens is 3. The number of benzene rings is 2. The molecule has 0 saturated heterocycles. The second-order valence-electron chi connectivity index (χ2n) is 10.7. The molecule has 0 spiro atoms. The molecule has 3 heteroatoms. The van der Waals surface area contributed by atoms with E-state index in [2.05, 4.69) is 13.0 Å². The molecule has 2 fully saturated rings. The van der Waals surface area contributed by atoms with Gasteiger partial charge in [-0.05, 0) is 97.1 Å². The predicted molar refractivity (Wildman–Crippen MR) is 135 cm³/mol. The van der Waals surface area contributed by atoms with Crippen molar-refractivity contribution in [2.24, 2.45) is 17.8 Å². The van der Waals surface area contributed by atoms with Gasteiger partial charge in [-0.1, -0.05) is 81.7 Å². The van der Waals surface area contributed by atoms with Gasteiger partial charge in [0, 0.05) is 0 Å². The van der Waals surface area contributed by atoms with Crippen molar-refractivity contribution < 1.29 is 8.78 Å². The fourth-order valence-electron chi connectivity index (χ4n) is 6.18. The van der Waals surface area contributed by atoms with E-state index < -0.39 is 5.82 Å². The van der Waals surface area contributed by atoms with Crippen LogP contribution in [-0.2, 0) is 12.8 Å². The van der Waals surface area contributed by atoms with Crippen LogP contribution in [0.25, 0.3) is 0 Å². The molecule has 4 rings (SSSR count). The molecule has 180 valence electrons. The highest BCUT2D eigenvalue weighted by molar-refractivity contribution is 6.30. The topological polar surface area (TPSA) is 0 Å². The largest absolute Gasteiger partial charge is 0.207 e. The Morgan fingerprint density at radius 1 is 0.727 bits per heavy atom. The smallest absolute Gasteiger partial charge is 0.142 e. The zero-order chi connectivity index (χ0) is 23.2. The Morgan fingerprint density at radius 3 is 1.97 bits per heavy atom. The second-order valence-corrected chi connectivity index (χ2v) is 11.1. The van der Waals surface area contributed by atoms with Crippen molar-refractivity contribution in [3.8, 4) is 0 Å². The standard InChI is InChI=1S/C30H39ClF2/c1-2-21-3-5-22(6-4-21)7-8-23-9-13-25(14-10-23)27-17-16-26(29(32)20-27)15-11-24-12-18-28(31)30(33)19-24/h12,16-23,25H,2-11,13-15H2,1H3/t21-,22-,23-,25-. The van der Waals surface area contributed by atoms with Gasteiger partial charge in [0.05, 0.1) is 5.02 Å². The normalized spacial score (nSPS) is 25.8. The first-order chi connectivity index (χ1) is 16.0. The molecular formula is C30H39ClF2. The van der Waals surface area contributed by atoms with Gasteiger partial charge in [-0.25, -0.2) is 8.78 Å². The van der Waals surface area contributed by atoms with Crippen molar-refractivity contribution in [2.75, 3.05) is 0 Å². The quantitative estimate of drug-likeness (QED) is 0.358. The summed E-state index contributed by atoms with van der Waals surface area (Å²) in [6, 6.07) is 10.6. The lowest BCUT2D eigenvalue weighted by atomic mass is 9.74. The lowest BCUT2D eigenvalue weighted by Crippen LogP contribution is -2.17. The zero-order valence-electron chi connectivity index (χ0n) is 20.1.